The molecule has 0 saturated carbocycles. The molecule has 1 N–H and O–H groups in total. The Morgan fingerprint density at radius 2 is 1.56 bits per heavy atom. The lowest BCUT2D eigenvalue weighted by atomic mass is 10.00. The molecule has 4 heteroatoms. The molecule has 16 heavy (non-hydrogen) atoms. The Bertz CT molecular complexity index is 346. The predicted octanol–water partition coefficient (Wildman–Crippen LogP) is 3.26. The Morgan fingerprint density at radius 3 is 2.00 bits per heavy atom. The third kappa shape index (κ3) is 3.85. The second kappa shape index (κ2) is 4.87. The molecule has 1 aromatic carbocycles. The molecule has 0 unspecified atom stereocenters. The lowest BCUT2D eigenvalue weighted by Crippen LogP contribution is -2.28. The topological polar surface area (TPSA) is 12.0 Å². The first-order chi connectivity index (χ1) is 7.29. The minimum Gasteiger partial charge on any atom is -0.305 e. The highest BCUT2D eigenvalue weighted by molar-refractivity contribution is 5.37. The summed E-state index contributed by atoms with van der Waals surface area (Å²) in [5.74, 6) is 0. The van der Waals surface area contributed by atoms with Crippen LogP contribution in [0.4, 0.5) is 13.2 Å². The van der Waals surface area contributed by atoms with Crippen LogP contribution < -0.4 is 5.32 Å². The molecule has 0 atom stereocenters. The third-order valence-corrected chi connectivity index (χ3v) is 2.47. The molecule has 0 saturated heterocycles. The maximum Gasteiger partial charge on any atom is 0.401 e. The van der Waals surface area contributed by atoms with E-state index in [1.807, 2.05) is 32.9 Å². The van der Waals surface area contributed by atoms with Crippen molar-refractivity contribution in [2.24, 2.45) is 0 Å². The molecule has 0 amide bonds. The van der Waals surface area contributed by atoms with Crippen molar-refractivity contribution in [3.05, 3.63) is 34.4 Å². The van der Waals surface area contributed by atoms with E-state index in [2.05, 4.69) is 5.32 Å². The van der Waals surface area contributed by atoms with Gasteiger partial charge in [-0.15, -0.1) is 0 Å². The van der Waals surface area contributed by atoms with Gasteiger partial charge in [0.25, 0.3) is 0 Å². The molecular formula is C12H16F3N. The van der Waals surface area contributed by atoms with Gasteiger partial charge in [0.2, 0.25) is 0 Å². The lowest BCUT2D eigenvalue weighted by molar-refractivity contribution is -0.125. The number of halogens is 3. The van der Waals surface area contributed by atoms with E-state index in [4.69, 9.17) is 0 Å². The van der Waals surface area contributed by atoms with Crippen molar-refractivity contribution < 1.29 is 13.2 Å². The Morgan fingerprint density at radius 1 is 1.06 bits per heavy atom. The number of hydrogen-bond donors (Lipinski definition) is 1. The highest BCUT2D eigenvalue weighted by Gasteiger charge is 2.26. The summed E-state index contributed by atoms with van der Waals surface area (Å²) >= 11 is 0. The van der Waals surface area contributed by atoms with Gasteiger partial charge in [-0.1, -0.05) is 17.7 Å². The summed E-state index contributed by atoms with van der Waals surface area (Å²) in [5.41, 5.74) is 4.16. The van der Waals surface area contributed by atoms with Gasteiger partial charge in [-0.2, -0.15) is 13.2 Å². The van der Waals surface area contributed by atoms with Crippen LogP contribution in [0.5, 0.6) is 0 Å². The van der Waals surface area contributed by atoms with Crippen molar-refractivity contribution >= 4 is 0 Å². The molecule has 0 bridgehead atoms. The molecule has 1 rings (SSSR count). The fourth-order valence-electron chi connectivity index (χ4n) is 1.82. The van der Waals surface area contributed by atoms with Crippen molar-refractivity contribution in [2.45, 2.75) is 33.5 Å². The zero-order valence-corrected chi connectivity index (χ0v) is 9.70. The quantitative estimate of drug-likeness (QED) is 0.841. The van der Waals surface area contributed by atoms with Gasteiger partial charge in [-0.25, -0.2) is 0 Å². The standard InChI is InChI=1S/C12H16F3N/c1-8-4-9(2)11(10(3)5-8)6-16-7-12(13,14)15/h4-5,16H,6-7H2,1-3H3. The Labute approximate surface area is 93.7 Å². The van der Waals surface area contributed by atoms with Crippen molar-refractivity contribution in [3.8, 4) is 0 Å². The lowest BCUT2D eigenvalue weighted by Gasteiger charge is -2.13. The maximum atomic E-state index is 12.0. The van der Waals surface area contributed by atoms with Crippen LogP contribution in [0.15, 0.2) is 12.1 Å². The van der Waals surface area contributed by atoms with Gasteiger partial charge in [0.05, 0.1) is 6.54 Å². The minimum atomic E-state index is -4.15. The smallest absolute Gasteiger partial charge is 0.305 e. The van der Waals surface area contributed by atoms with Crippen LogP contribution in [0.25, 0.3) is 0 Å². The van der Waals surface area contributed by atoms with E-state index in [0.717, 1.165) is 22.3 Å². The van der Waals surface area contributed by atoms with Crippen LogP contribution in [0.3, 0.4) is 0 Å². The van der Waals surface area contributed by atoms with Crippen molar-refractivity contribution in [3.63, 3.8) is 0 Å². The van der Waals surface area contributed by atoms with Gasteiger partial charge in [0.15, 0.2) is 0 Å². The molecule has 0 aliphatic rings. The van der Waals surface area contributed by atoms with Gasteiger partial charge in [-0.05, 0) is 37.5 Å². The monoisotopic (exact) mass is 231 g/mol. The molecule has 90 valence electrons. The fourth-order valence-corrected chi connectivity index (χ4v) is 1.82. The van der Waals surface area contributed by atoms with Crippen LogP contribution in [0, 0.1) is 20.8 Å². The Hall–Kier alpha value is -1.03. The second-order valence-corrected chi connectivity index (χ2v) is 4.10. The van der Waals surface area contributed by atoms with Crippen molar-refractivity contribution in [1.82, 2.24) is 5.32 Å². The molecule has 0 heterocycles. The van der Waals surface area contributed by atoms with Crippen LogP contribution in [-0.2, 0) is 6.54 Å². The van der Waals surface area contributed by atoms with Crippen LogP contribution >= 0.6 is 0 Å². The minimum absolute atomic E-state index is 0.261. The number of alkyl halides is 3. The summed E-state index contributed by atoms with van der Waals surface area (Å²) in [5, 5.41) is 2.42. The van der Waals surface area contributed by atoms with Gasteiger partial charge in [-0.3, -0.25) is 0 Å². The van der Waals surface area contributed by atoms with Crippen LogP contribution in [0.2, 0.25) is 0 Å². The highest BCUT2D eigenvalue weighted by Crippen LogP contribution is 2.17. The van der Waals surface area contributed by atoms with E-state index in [1.54, 1.807) is 0 Å². The zero-order valence-electron chi connectivity index (χ0n) is 9.70. The van der Waals surface area contributed by atoms with Crippen molar-refractivity contribution in [2.75, 3.05) is 6.54 Å². The summed E-state index contributed by atoms with van der Waals surface area (Å²) < 4.78 is 35.9. The number of hydrogen-bond acceptors (Lipinski definition) is 1. The molecule has 0 radical (unpaired) electrons. The third-order valence-electron chi connectivity index (χ3n) is 2.47. The van der Waals surface area contributed by atoms with Crippen LogP contribution in [-0.4, -0.2) is 12.7 Å². The first-order valence-corrected chi connectivity index (χ1v) is 5.14. The molecule has 0 fully saturated rings. The summed E-state index contributed by atoms with van der Waals surface area (Å²) in [6, 6.07) is 3.97. The number of rotatable bonds is 3. The largest absolute Gasteiger partial charge is 0.401 e. The fraction of sp³-hybridized carbons (Fsp3) is 0.500. The highest BCUT2D eigenvalue weighted by atomic mass is 19.4. The first kappa shape index (κ1) is 13.0. The molecule has 1 aromatic rings. The molecular weight excluding hydrogens is 215 g/mol. The van der Waals surface area contributed by atoms with Crippen molar-refractivity contribution in [1.29, 1.82) is 0 Å². The molecule has 1 nitrogen and oxygen atoms in total. The van der Waals surface area contributed by atoms with Gasteiger partial charge < -0.3 is 5.32 Å². The average molecular weight is 231 g/mol. The van der Waals surface area contributed by atoms with E-state index in [-0.39, 0.29) is 6.54 Å². The molecule has 0 aliphatic heterocycles. The second-order valence-electron chi connectivity index (χ2n) is 4.10. The zero-order chi connectivity index (χ0) is 12.3. The SMILES string of the molecule is Cc1cc(C)c(CNCC(F)(F)F)c(C)c1. The van der Waals surface area contributed by atoms with E-state index < -0.39 is 12.7 Å². The number of nitrogens with one attached hydrogen (secondary N) is 1. The maximum absolute atomic E-state index is 12.0. The average Bonchev–Trinajstić information content (AvgIpc) is 2.07. The predicted molar refractivity (Wildman–Crippen MR) is 58.4 cm³/mol. The number of aryl methyl sites for hydroxylation is 3. The van der Waals surface area contributed by atoms with E-state index in [0.29, 0.717) is 0 Å². The Balaban J connectivity index is 2.68. The summed E-state index contributed by atoms with van der Waals surface area (Å²) in [6.45, 7) is 5.14. The summed E-state index contributed by atoms with van der Waals surface area (Å²) in [6.07, 6.45) is -4.15. The summed E-state index contributed by atoms with van der Waals surface area (Å²) in [4.78, 5) is 0. The van der Waals surface area contributed by atoms with E-state index in [1.165, 1.54) is 0 Å². The molecule has 0 aliphatic carbocycles. The normalized spacial score (nSPS) is 11.9. The van der Waals surface area contributed by atoms with Gasteiger partial charge in [0.1, 0.15) is 0 Å². The Kier molecular flexibility index (Phi) is 3.97. The van der Waals surface area contributed by atoms with E-state index >= 15 is 0 Å². The number of benzene rings is 1. The molecule has 0 aromatic heterocycles. The summed E-state index contributed by atoms with van der Waals surface area (Å²) in [7, 11) is 0. The van der Waals surface area contributed by atoms with Crippen LogP contribution in [0.1, 0.15) is 22.3 Å². The van der Waals surface area contributed by atoms with Gasteiger partial charge in [0, 0.05) is 6.54 Å². The van der Waals surface area contributed by atoms with E-state index in [9.17, 15) is 13.2 Å². The first-order valence-electron chi connectivity index (χ1n) is 5.14. The van der Waals surface area contributed by atoms with Gasteiger partial charge >= 0.3 is 6.18 Å². The molecule has 0 spiro atoms.